The lowest BCUT2D eigenvalue weighted by Crippen LogP contribution is -2.26. The van der Waals surface area contributed by atoms with E-state index in [4.69, 9.17) is 5.11 Å². The molecular weight excluding hydrogens is 381 g/mol. The molecule has 2 aromatic rings. The van der Waals surface area contributed by atoms with Crippen LogP contribution in [-0.4, -0.2) is 23.5 Å². The molecule has 5 heteroatoms. The summed E-state index contributed by atoms with van der Waals surface area (Å²) >= 11 is 2.11. The summed E-state index contributed by atoms with van der Waals surface area (Å²) < 4.78 is 0.888. The fourth-order valence-corrected chi connectivity index (χ4v) is 2.63. The molecule has 2 rings (SSSR count). The number of hydrogen-bond donors (Lipinski definition) is 2. The van der Waals surface area contributed by atoms with Crippen LogP contribution in [0.1, 0.15) is 26.3 Å². The number of amides is 1. The van der Waals surface area contributed by atoms with Gasteiger partial charge in [-0.15, -0.1) is 0 Å². The number of halogens is 1. The molecule has 0 saturated heterocycles. The van der Waals surface area contributed by atoms with Crippen LogP contribution in [0.15, 0.2) is 48.5 Å². The van der Waals surface area contributed by atoms with Crippen LogP contribution in [0.5, 0.6) is 0 Å². The molecule has 1 amide bonds. The molecule has 0 atom stereocenters. The minimum Gasteiger partial charge on any atom is -0.478 e. The molecule has 4 nitrogen and oxygen atoms in total. The first-order valence-corrected chi connectivity index (χ1v) is 7.51. The average Bonchev–Trinajstić information content (AvgIpc) is 2.48. The summed E-state index contributed by atoms with van der Waals surface area (Å²) in [4.78, 5) is 23.1. The highest BCUT2D eigenvalue weighted by atomic mass is 127. The minimum absolute atomic E-state index is 0.146. The van der Waals surface area contributed by atoms with Gasteiger partial charge in [0.1, 0.15) is 0 Å². The van der Waals surface area contributed by atoms with E-state index in [1.54, 1.807) is 30.3 Å². The predicted molar refractivity (Wildman–Crippen MR) is 88.6 cm³/mol. The molecule has 0 aromatic heterocycles. The molecule has 0 saturated carbocycles. The van der Waals surface area contributed by atoms with Crippen molar-refractivity contribution in [2.75, 3.05) is 6.54 Å². The van der Waals surface area contributed by atoms with Gasteiger partial charge in [-0.3, -0.25) is 4.79 Å². The molecule has 0 heterocycles. The van der Waals surface area contributed by atoms with E-state index in [1.807, 2.05) is 18.2 Å². The lowest BCUT2D eigenvalue weighted by atomic mass is 10.0. The Kier molecular flexibility index (Phi) is 5.32. The van der Waals surface area contributed by atoms with Crippen molar-refractivity contribution in [2.45, 2.75) is 6.42 Å². The second kappa shape index (κ2) is 7.21. The Morgan fingerprint density at radius 3 is 2.29 bits per heavy atom. The molecule has 2 aromatic carbocycles. The largest absolute Gasteiger partial charge is 0.478 e. The third kappa shape index (κ3) is 4.04. The van der Waals surface area contributed by atoms with Gasteiger partial charge in [0.15, 0.2) is 0 Å². The van der Waals surface area contributed by atoms with Gasteiger partial charge in [0, 0.05) is 10.1 Å². The van der Waals surface area contributed by atoms with Crippen LogP contribution in [0.4, 0.5) is 0 Å². The van der Waals surface area contributed by atoms with Crippen LogP contribution >= 0.6 is 22.6 Å². The van der Waals surface area contributed by atoms with Gasteiger partial charge in [0.2, 0.25) is 0 Å². The van der Waals surface area contributed by atoms with Crippen molar-refractivity contribution >= 4 is 34.5 Å². The van der Waals surface area contributed by atoms with Crippen LogP contribution in [-0.2, 0) is 6.42 Å². The molecule has 0 aliphatic rings. The third-order valence-corrected chi connectivity index (χ3v) is 3.99. The van der Waals surface area contributed by atoms with Crippen molar-refractivity contribution in [3.8, 4) is 0 Å². The van der Waals surface area contributed by atoms with Crippen molar-refractivity contribution in [2.24, 2.45) is 0 Å². The first-order chi connectivity index (χ1) is 10.1. The van der Waals surface area contributed by atoms with Crippen LogP contribution in [0.2, 0.25) is 0 Å². The zero-order chi connectivity index (χ0) is 15.2. The Balaban J connectivity index is 1.98. The number of carboxylic acids is 1. The molecule has 0 unspecified atom stereocenters. The van der Waals surface area contributed by atoms with E-state index in [-0.39, 0.29) is 11.5 Å². The molecule has 108 valence electrons. The van der Waals surface area contributed by atoms with Gasteiger partial charge in [-0.1, -0.05) is 30.3 Å². The zero-order valence-corrected chi connectivity index (χ0v) is 13.3. The molecule has 2 N–H and O–H groups in total. The first-order valence-electron chi connectivity index (χ1n) is 6.43. The number of nitrogens with one attached hydrogen (secondary N) is 1. The molecule has 0 fully saturated rings. The van der Waals surface area contributed by atoms with Crippen molar-refractivity contribution in [3.63, 3.8) is 0 Å². The van der Waals surface area contributed by atoms with Crippen LogP contribution in [0.25, 0.3) is 0 Å². The van der Waals surface area contributed by atoms with Gasteiger partial charge < -0.3 is 10.4 Å². The molecular formula is C16H14INO3. The maximum atomic E-state index is 12.0. The number of aromatic carboxylic acids is 1. The van der Waals surface area contributed by atoms with Gasteiger partial charge in [-0.2, -0.15) is 0 Å². The highest BCUT2D eigenvalue weighted by Gasteiger charge is 2.11. The van der Waals surface area contributed by atoms with Crippen LogP contribution < -0.4 is 5.32 Å². The highest BCUT2D eigenvalue weighted by molar-refractivity contribution is 14.1. The molecule has 21 heavy (non-hydrogen) atoms. The van der Waals surface area contributed by atoms with E-state index in [0.717, 1.165) is 3.57 Å². The summed E-state index contributed by atoms with van der Waals surface area (Å²) in [7, 11) is 0. The Morgan fingerprint density at radius 2 is 1.62 bits per heavy atom. The van der Waals surface area contributed by atoms with Crippen LogP contribution in [0.3, 0.4) is 0 Å². The smallest absolute Gasteiger partial charge is 0.335 e. The fraction of sp³-hybridized carbons (Fsp3) is 0.125. The van der Waals surface area contributed by atoms with Gasteiger partial charge in [0.25, 0.3) is 5.91 Å². The molecule has 0 bridgehead atoms. The number of benzene rings is 2. The van der Waals surface area contributed by atoms with E-state index < -0.39 is 5.97 Å². The quantitative estimate of drug-likeness (QED) is 0.766. The van der Waals surface area contributed by atoms with Gasteiger partial charge in [-0.05, 0) is 52.8 Å². The third-order valence-electron chi connectivity index (χ3n) is 3.05. The number of rotatable bonds is 5. The highest BCUT2D eigenvalue weighted by Crippen LogP contribution is 2.12. The average molecular weight is 395 g/mol. The summed E-state index contributed by atoms with van der Waals surface area (Å²) in [6.07, 6.45) is 0.484. The van der Waals surface area contributed by atoms with Crippen LogP contribution in [0, 0.1) is 3.57 Å². The van der Waals surface area contributed by atoms with Gasteiger partial charge in [0.05, 0.1) is 11.1 Å². The lowest BCUT2D eigenvalue weighted by Gasteiger charge is -2.08. The Labute approximate surface area is 136 Å². The Hall–Kier alpha value is -1.89. The van der Waals surface area contributed by atoms with E-state index in [0.29, 0.717) is 24.1 Å². The number of hydrogen-bond acceptors (Lipinski definition) is 2. The van der Waals surface area contributed by atoms with Crippen molar-refractivity contribution in [3.05, 3.63) is 68.8 Å². The summed E-state index contributed by atoms with van der Waals surface area (Å²) in [5.41, 5.74) is 1.62. The first kappa shape index (κ1) is 15.5. The monoisotopic (exact) mass is 395 g/mol. The van der Waals surface area contributed by atoms with E-state index in [9.17, 15) is 9.59 Å². The number of carbonyl (C=O) groups is 2. The van der Waals surface area contributed by atoms with E-state index in [1.165, 1.54) is 0 Å². The molecule has 0 radical (unpaired) electrons. The second-order valence-electron chi connectivity index (χ2n) is 4.45. The minimum atomic E-state index is -0.950. The summed E-state index contributed by atoms with van der Waals surface area (Å²) in [6, 6.07) is 14.2. The summed E-state index contributed by atoms with van der Waals surface area (Å²) in [5, 5.41) is 11.9. The predicted octanol–water partition coefficient (Wildman–Crippen LogP) is 2.96. The van der Waals surface area contributed by atoms with Gasteiger partial charge in [-0.25, -0.2) is 4.79 Å². The molecule has 0 aliphatic heterocycles. The fourth-order valence-electron chi connectivity index (χ4n) is 2.00. The molecule has 0 aliphatic carbocycles. The maximum Gasteiger partial charge on any atom is 0.335 e. The SMILES string of the molecule is O=C(NCCc1ccccc1C(=O)O)c1ccccc1I. The maximum absolute atomic E-state index is 12.0. The topological polar surface area (TPSA) is 66.4 Å². The molecule has 0 spiro atoms. The summed E-state index contributed by atoms with van der Waals surface area (Å²) in [6.45, 7) is 0.397. The Bertz CT molecular complexity index is 670. The van der Waals surface area contributed by atoms with Crippen molar-refractivity contribution in [1.29, 1.82) is 0 Å². The number of carboxylic acid groups (broad SMARTS) is 1. The van der Waals surface area contributed by atoms with E-state index >= 15 is 0 Å². The summed E-state index contributed by atoms with van der Waals surface area (Å²) in [5.74, 6) is -1.10. The lowest BCUT2D eigenvalue weighted by molar-refractivity contribution is 0.0695. The van der Waals surface area contributed by atoms with Gasteiger partial charge >= 0.3 is 5.97 Å². The zero-order valence-electron chi connectivity index (χ0n) is 11.2. The Morgan fingerprint density at radius 1 is 1.00 bits per heavy atom. The normalized spacial score (nSPS) is 10.1. The van der Waals surface area contributed by atoms with Crippen molar-refractivity contribution < 1.29 is 14.7 Å². The van der Waals surface area contributed by atoms with Crippen molar-refractivity contribution in [1.82, 2.24) is 5.32 Å². The standard InChI is InChI=1S/C16H14INO3/c17-14-8-4-3-7-13(14)15(19)18-10-9-11-5-1-2-6-12(11)16(20)21/h1-8H,9-10H2,(H,18,19)(H,20,21). The second-order valence-corrected chi connectivity index (χ2v) is 5.61. The van der Waals surface area contributed by atoms with E-state index in [2.05, 4.69) is 27.9 Å². The number of carbonyl (C=O) groups excluding carboxylic acids is 1.